The molecular weight excluding hydrogens is 250 g/mol. The van der Waals surface area contributed by atoms with E-state index < -0.39 is 0 Å². The molecule has 0 fully saturated rings. The van der Waals surface area contributed by atoms with E-state index in [1.54, 1.807) is 12.4 Å². The van der Waals surface area contributed by atoms with Crippen molar-refractivity contribution in [3.63, 3.8) is 0 Å². The smallest absolute Gasteiger partial charge is 0.224 e. The summed E-state index contributed by atoms with van der Waals surface area (Å²) in [6, 6.07) is 7.65. The first kappa shape index (κ1) is 14.2. The number of aryl methyl sites for hydroxylation is 1. The van der Waals surface area contributed by atoms with Crippen molar-refractivity contribution in [1.29, 1.82) is 0 Å². The number of hydrogen-bond acceptors (Lipinski definition) is 3. The molecule has 1 N–H and O–H groups in total. The molecule has 0 aromatic carbocycles. The summed E-state index contributed by atoms with van der Waals surface area (Å²) in [6.07, 6.45) is 6.40. The van der Waals surface area contributed by atoms with Gasteiger partial charge in [0, 0.05) is 18.6 Å². The number of nitrogens with one attached hydrogen (secondary N) is 1. The van der Waals surface area contributed by atoms with Crippen LogP contribution in [0.2, 0.25) is 0 Å². The van der Waals surface area contributed by atoms with Gasteiger partial charge >= 0.3 is 0 Å². The Balaban J connectivity index is 1.99. The van der Waals surface area contributed by atoms with E-state index in [9.17, 15) is 4.79 Å². The topological polar surface area (TPSA) is 54.9 Å². The van der Waals surface area contributed by atoms with Gasteiger partial charge in [-0.25, -0.2) is 0 Å². The maximum Gasteiger partial charge on any atom is 0.224 e. The lowest BCUT2D eigenvalue weighted by Crippen LogP contribution is -2.30. The van der Waals surface area contributed by atoms with E-state index >= 15 is 0 Å². The van der Waals surface area contributed by atoms with Gasteiger partial charge in [-0.05, 0) is 42.7 Å². The van der Waals surface area contributed by atoms with Gasteiger partial charge in [0.05, 0.1) is 18.2 Å². The fourth-order valence-electron chi connectivity index (χ4n) is 2.00. The van der Waals surface area contributed by atoms with Crippen LogP contribution in [0.1, 0.15) is 36.2 Å². The summed E-state index contributed by atoms with van der Waals surface area (Å²) in [5.74, 6) is 0.00502. The van der Waals surface area contributed by atoms with Crippen molar-refractivity contribution < 1.29 is 4.79 Å². The number of aromatic nitrogens is 2. The van der Waals surface area contributed by atoms with Crippen LogP contribution in [0.4, 0.5) is 0 Å². The normalized spacial score (nSPS) is 11.9. The molecule has 1 unspecified atom stereocenters. The minimum atomic E-state index is -0.0371. The fraction of sp³-hybridized carbons (Fsp3) is 0.312. The molecule has 1 amide bonds. The van der Waals surface area contributed by atoms with Gasteiger partial charge in [0.2, 0.25) is 5.91 Å². The van der Waals surface area contributed by atoms with Gasteiger partial charge in [-0.3, -0.25) is 14.8 Å². The Bertz CT molecular complexity index is 552. The lowest BCUT2D eigenvalue weighted by Gasteiger charge is -2.16. The molecule has 0 saturated carbocycles. The van der Waals surface area contributed by atoms with E-state index in [0.29, 0.717) is 6.42 Å². The first-order chi connectivity index (χ1) is 9.69. The molecule has 0 radical (unpaired) electrons. The molecule has 4 heteroatoms. The molecule has 4 nitrogen and oxygen atoms in total. The average Bonchev–Trinajstić information content (AvgIpc) is 2.47. The predicted octanol–water partition coefficient (Wildman–Crippen LogP) is 2.60. The van der Waals surface area contributed by atoms with Gasteiger partial charge in [-0.1, -0.05) is 13.0 Å². The highest BCUT2D eigenvalue weighted by molar-refractivity contribution is 5.78. The molecule has 104 valence electrons. The first-order valence-corrected chi connectivity index (χ1v) is 6.80. The Morgan fingerprint density at radius 2 is 2.00 bits per heavy atom. The highest BCUT2D eigenvalue weighted by Crippen LogP contribution is 2.14. The molecule has 20 heavy (non-hydrogen) atoms. The van der Waals surface area contributed by atoms with Crippen LogP contribution in [0.3, 0.4) is 0 Å². The molecule has 2 aromatic rings. The largest absolute Gasteiger partial charge is 0.347 e. The Hall–Kier alpha value is -2.23. The molecule has 2 heterocycles. The highest BCUT2D eigenvalue weighted by Gasteiger charge is 2.14. The zero-order valence-corrected chi connectivity index (χ0v) is 11.8. The monoisotopic (exact) mass is 269 g/mol. The van der Waals surface area contributed by atoms with Crippen LogP contribution in [0.15, 0.2) is 42.9 Å². The van der Waals surface area contributed by atoms with Crippen molar-refractivity contribution in [3.05, 3.63) is 59.7 Å². The minimum Gasteiger partial charge on any atom is -0.347 e. The zero-order chi connectivity index (χ0) is 14.4. The zero-order valence-electron chi connectivity index (χ0n) is 11.8. The second-order valence-corrected chi connectivity index (χ2v) is 4.82. The number of carbonyl (C=O) groups excluding carboxylic acids is 1. The van der Waals surface area contributed by atoms with Crippen molar-refractivity contribution in [2.24, 2.45) is 0 Å². The second-order valence-electron chi connectivity index (χ2n) is 4.82. The maximum atomic E-state index is 12.1. The van der Waals surface area contributed by atoms with E-state index in [4.69, 9.17) is 0 Å². The van der Waals surface area contributed by atoms with E-state index in [0.717, 1.165) is 23.2 Å². The third-order valence-corrected chi connectivity index (χ3v) is 3.15. The number of hydrogen-bond donors (Lipinski definition) is 1. The van der Waals surface area contributed by atoms with Crippen molar-refractivity contribution >= 4 is 5.91 Å². The lowest BCUT2D eigenvalue weighted by atomic mass is 10.1. The quantitative estimate of drug-likeness (QED) is 0.907. The van der Waals surface area contributed by atoms with Crippen LogP contribution < -0.4 is 5.32 Å². The van der Waals surface area contributed by atoms with E-state index in [1.165, 1.54) is 0 Å². The lowest BCUT2D eigenvalue weighted by molar-refractivity contribution is -0.121. The van der Waals surface area contributed by atoms with Crippen molar-refractivity contribution in [1.82, 2.24) is 15.3 Å². The Kier molecular flexibility index (Phi) is 4.82. The molecular formula is C16H19N3O. The average molecular weight is 269 g/mol. The number of carbonyl (C=O) groups is 1. The third kappa shape index (κ3) is 3.88. The summed E-state index contributed by atoms with van der Waals surface area (Å²) in [5, 5.41) is 3.03. The van der Waals surface area contributed by atoms with E-state index in [-0.39, 0.29) is 11.9 Å². The van der Waals surface area contributed by atoms with Crippen LogP contribution in [0, 0.1) is 6.92 Å². The Labute approximate surface area is 119 Å². The van der Waals surface area contributed by atoms with Crippen LogP contribution in [0.25, 0.3) is 0 Å². The number of pyridine rings is 2. The van der Waals surface area contributed by atoms with Gasteiger partial charge in [0.15, 0.2) is 0 Å². The molecule has 2 rings (SSSR count). The highest BCUT2D eigenvalue weighted by atomic mass is 16.1. The van der Waals surface area contributed by atoms with E-state index in [1.807, 2.05) is 44.3 Å². The molecule has 0 aliphatic carbocycles. The second kappa shape index (κ2) is 6.80. The Morgan fingerprint density at radius 3 is 2.60 bits per heavy atom. The molecule has 1 atom stereocenters. The SMILES string of the molecule is CCC(NC(=O)Cc1ccncc1)c1ccc(C)cn1. The summed E-state index contributed by atoms with van der Waals surface area (Å²) in [6.45, 7) is 4.04. The summed E-state index contributed by atoms with van der Waals surface area (Å²) in [4.78, 5) is 20.4. The summed E-state index contributed by atoms with van der Waals surface area (Å²) in [7, 11) is 0. The van der Waals surface area contributed by atoms with Crippen LogP contribution in [0.5, 0.6) is 0 Å². The Morgan fingerprint density at radius 1 is 1.25 bits per heavy atom. The summed E-state index contributed by atoms with van der Waals surface area (Å²) in [5.41, 5.74) is 2.98. The molecule has 2 aromatic heterocycles. The van der Waals surface area contributed by atoms with Crippen LogP contribution >= 0.6 is 0 Å². The number of amides is 1. The predicted molar refractivity (Wildman–Crippen MR) is 78.1 cm³/mol. The third-order valence-electron chi connectivity index (χ3n) is 3.15. The minimum absolute atomic E-state index is 0.00502. The summed E-state index contributed by atoms with van der Waals surface area (Å²) < 4.78 is 0. The number of nitrogens with zero attached hydrogens (tertiary/aromatic N) is 2. The van der Waals surface area contributed by atoms with E-state index in [2.05, 4.69) is 15.3 Å². The van der Waals surface area contributed by atoms with Gasteiger partial charge in [0.1, 0.15) is 0 Å². The van der Waals surface area contributed by atoms with Crippen molar-refractivity contribution in [2.75, 3.05) is 0 Å². The van der Waals surface area contributed by atoms with Crippen LogP contribution in [-0.2, 0) is 11.2 Å². The number of rotatable bonds is 5. The molecule has 0 aliphatic rings. The summed E-state index contributed by atoms with van der Waals surface area (Å²) >= 11 is 0. The standard InChI is InChI=1S/C16H19N3O/c1-3-14(15-5-4-12(2)11-18-15)19-16(20)10-13-6-8-17-9-7-13/h4-9,11,14H,3,10H2,1-2H3,(H,19,20). The van der Waals surface area contributed by atoms with Gasteiger partial charge in [-0.2, -0.15) is 0 Å². The molecule has 0 bridgehead atoms. The van der Waals surface area contributed by atoms with Crippen molar-refractivity contribution in [2.45, 2.75) is 32.7 Å². The van der Waals surface area contributed by atoms with Gasteiger partial charge in [-0.15, -0.1) is 0 Å². The molecule has 0 aliphatic heterocycles. The molecule has 0 saturated heterocycles. The van der Waals surface area contributed by atoms with Gasteiger partial charge < -0.3 is 5.32 Å². The van der Waals surface area contributed by atoms with Gasteiger partial charge in [0.25, 0.3) is 0 Å². The van der Waals surface area contributed by atoms with Crippen molar-refractivity contribution in [3.8, 4) is 0 Å². The van der Waals surface area contributed by atoms with Crippen LogP contribution in [-0.4, -0.2) is 15.9 Å². The first-order valence-electron chi connectivity index (χ1n) is 6.80. The molecule has 0 spiro atoms. The fourth-order valence-corrected chi connectivity index (χ4v) is 2.00. The maximum absolute atomic E-state index is 12.1.